The lowest BCUT2D eigenvalue weighted by Crippen LogP contribution is -2.13. The fourth-order valence-electron chi connectivity index (χ4n) is 0.920. The van der Waals surface area contributed by atoms with Gasteiger partial charge in [-0.25, -0.2) is 13.2 Å². The van der Waals surface area contributed by atoms with Crippen molar-refractivity contribution in [2.75, 3.05) is 6.54 Å². The quantitative estimate of drug-likeness (QED) is 0.687. The van der Waals surface area contributed by atoms with Gasteiger partial charge in [-0.3, -0.25) is 0 Å². The normalized spacial score (nSPS) is 13.0. The molecular weight excluding hydrogens is 183 g/mol. The summed E-state index contributed by atoms with van der Waals surface area (Å²) < 4.78 is 37.8. The van der Waals surface area contributed by atoms with Gasteiger partial charge in [0.1, 0.15) is 5.82 Å². The molecule has 1 aromatic rings. The van der Waals surface area contributed by atoms with E-state index in [0.717, 1.165) is 0 Å². The minimum atomic E-state index is -1.31. The zero-order valence-electron chi connectivity index (χ0n) is 6.60. The fraction of sp³-hybridized carbons (Fsp3) is 0.250. The Hall–Kier alpha value is -1.07. The number of hydrogen-bond donors (Lipinski definition) is 2. The van der Waals surface area contributed by atoms with Crippen molar-refractivity contribution >= 4 is 0 Å². The van der Waals surface area contributed by atoms with Gasteiger partial charge in [0.2, 0.25) is 0 Å². The van der Waals surface area contributed by atoms with E-state index in [0.29, 0.717) is 12.1 Å². The van der Waals surface area contributed by atoms with Crippen molar-refractivity contribution in [2.24, 2.45) is 5.73 Å². The SMILES string of the molecule is NC[C@@H](O)c1cc(F)c(F)cc1F. The van der Waals surface area contributed by atoms with Crippen LogP contribution < -0.4 is 5.73 Å². The molecule has 1 aromatic carbocycles. The van der Waals surface area contributed by atoms with Gasteiger partial charge in [-0.2, -0.15) is 0 Å². The lowest BCUT2D eigenvalue weighted by Gasteiger charge is -2.09. The zero-order chi connectivity index (χ0) is 10.0. The van der Waals surface area contributed by atoms with Crippen LogP contribution in [0.2, 0.25) is 0 Å². The lowest BCUT2D eigenvalue weighted by molar-refractivity contribution is 0.181. The van der Waals surface area contributed by atoms with Gasteiger partial charge in [0.05, 0.1) is 6.10 Å². The molecule has 2 nitrogen and oxygen atoms in total. The molecule has 0 heterocycles. The van der Waals surface area contributed by atoms with E-state index in [9.17, 15) is 13.2 Å². The summed E-state index contributed by atoms with van der Waals surface area (Å²) in [7, 11) is 0. The lowest BCUT2D eigenvalue weighted by atomic mass is 10.1. The highest BCUT2D eigenvalue weighted by atomic mass is 19.2. The third kappa shape index (κ3) is 1.99. The maximum atomic E-state index is 12.8. The number of aliphatic hydroxyl groups is 1. The Balaban J connectivity index is 3.15. The van der Waals surface area contributed by atoms with E-state index in [4.69, 9.17) is 10.8 Å². The third-order valence-electron chi connectivity index (χ3n) is 1.62. The summed E-state index contributed by atoms with van der Waals surface area (Å²) in [6.07, 6.45) is -1.31. The van der Waals surface area contributed by atoms with E-state index >= 15 is 0 Å². The van der Waals surface area contributed by atoms with Gasteiger partial charge < -0.3 is 10.8 Å². The topological polar surface area (TPSA) is 46.2 Å². The summed E-state index contributed by atoms with van der Waals surface area (Å²) in [6.45, 7) is -0.248. The van der Waals surface area contributed by atoms with Gasteiger partial charge in [-0.1, -0.05) is 0 Å². The molecule has 0 aliphatic heterocycles. The van der Waals surface area contributed by atoms with Crippen molar-refractivity contribution in [2.45, 2.75) is 6.10 Å². The van der Waals surface area contributed by atoms with Crippen LogP contribution in [-0.2, 0) is 0 Å². The van der Waals surface area contributed by atoms with Crippen molar-refractivity contribution in [1.29, 1.82) is 0 Å². The molecule has 13 heavy (non-hydrogen) atoms. The molecule has 0 aromatic heterocycles. The van der Waals surface area contributed by atoms with E-state index < -0.39 is 23.6 Å². The molecule has 0 spiro atoms. The number of hydrogen-bond acceptors (Lipinski definition) is 2. The number of benzene rings is 1. The summed E-state index contributed by atoms with van der Waals surface area (Å²) in [4.78, 5) is 0. The van der Waals surface area contributed by atoms with Gasteiger partial charge in [0, 0.05) is 18.2 Å². The van der Waals surface area contributed by atoms with Crippen LogP contribution in [0.4, 0.5) is 13.2 Å². The largest absolute Gasteiger partial charge is 0.387 e. The zero-order valence-corrected chi connectivity index (χ0v) is 6.60. The van der Waals surface area contributed by atoms with Crippen molar-refractivity contribution in [3.63, 3.8) is 0 Å². The Morgan fingerprint density at radius 2 is 1.69 bits per heavy atom. The first-order valence-corrected chi connectivity index (χ1v) is 3.59. The first-order valence-electron chi connectivity index (χ1n) is 3.59. The predicted molar refractivity (Wildman–Crippen MR) is 40.3 cm³/mol. The molecule has 0 saturated heterocycles. The second-order valence-electron chi connectivity index (χ2n) is 2.54. The minimum Gasteiger partial charge on any atom is -0.387 e. The van der Waals surface area contributed by atoms with Crippen LogP contribution in [0.3, 0.4) is 0 Å². The first kappa shape index (κ1) is 10.0. The summed E-state index contributed by atoms with van der Waals surface area (Å²) in [5.41, 5.74) is 4.70. The minimum absolute atomic E-state index is 0.248. The molecule has 1 rings (SSSR count). The Kier molecular flexibility index (Phi) is 2.90. The van der Waals surface area contributed by atoms with Crippen LogP contribution in [-0.4, -0.2) is 11.7 Å². The van der Waals surface area contributed by atoms with Crippen LogP contribution in [0.25, 0.3) is 0 Å². The molecule has 0 amide bonds. The van der Waals surface area contributed by atoms with Crippen LogP contribution >= 0.6 is 0 Å². The van der Waals surface area contributed by atoms with Crippen molar-refractivity contribution in [1.82, 2.24) is 0 Å². The molecule has 5 heteroatoms. The summed E-state index contributed by atoms with van der Waals surface area (Å²) in [6, 6.07) is 0.978. The first-order chi connectivity index (χ1) is 6.06. The second kappa shape index (κ2) is 3.76. The van der Waals surface area contributed by atoms with Crippen LogP contribution in [0.15, 0.2) is 12.1 Å². The smallest absolute Gasteiger partial charge is 0.161 e. The molecular formula is C8H8F3NO. The van der Waals surface area contributed by atoms with Crippen molar-refractivity contribution in [3.05, 3.63) is 35.1 Å². The van der Waals surface area contributed by atoms with Gasteiger partial charge in [-0.15, -0.1) is 0 Å². The standard InChI is InChI=1S/C8H8F3NO/c9-5-2-7(11)6(10)1-4(5)8(13)3-12/h1-2,8,13H,3,12H2/t8-/m1/s1. The highest BCUT2D eigenvalue weighted by Gasteiger charge is 2.15. The molecule has 72 valence electrons. The predicted octanol–water partition coefficient (Wildman–Crippen LogP) is 1.10. The molecule has 0 aliphatic rings. The Labute approximate surface area is 72.8 Å². The Morgan fingerprint density at radius 3 is 2.23 bits per heavy atom. The molecule has 0 radical (unpaired) electrons. The van der Waals surface area contributed by atoms with Crippen LogP contribution in [0.1, 0.15) is 11.7 Å². The van der Waals surface area contributed by atoms with E-state index in [1.165, 1.54) is 0 Å². The van der Waals surface area contributed by atoms with E-state index in [2.05, 4.69) is 0 Å². The van der Waals surface area contributed by atoms with E-state index in [-0.39, 0.29) is 12.1 Å². The van der Waals surface area contributed by atoms with Gasteiger partial charge in [-0.05, 0) is 6.07 Å². The van der Waals surface area contributed by atoms with E-state index in [1.807, 2.05) is 0 Å². The average Bonchev–Trinajstić information content (AvgIpc) is 2.10. The Morgan fingerprint density at radius 1 is 1.15 bits per heavy atom. The fourth-order valence-corrected chi connectivity index (χ4v) is 0.920. The van der Waals surface area contributed by atoms with Gasteiger partial charge >= 0.3 is 0 Å². The molecule has 0 fully saturated rings. The summed E-state index contributed by atoms with van der Waals surface area (Å²) >= 11 is 0. The highest BCUT2D eigenvalue weighted by molar-refractivity contribution is 5.22. The van der Waals surface area contributed by atoms with Crippen LogP contribution in [0.5, 0.6) is 0 Å². The maximum Gasteiger partial charge on any atom is 0.161 e. The van der Waals surface area contributed by atoms with Gasteiger partial charge in [0.15, 0.2) is 11.6 Å². The van der Waals surface area contributed by atoms with Crippen LogP contribution in [0, 0.1) is 17.5 Å². The van der Waals surface area contributed by atoms with Gasteiger partial charge in [0.25, 0.3) is 0 Å². The number of halogens is 3. The molecule has 3 N–H and O–H groups in total. The second-order valence-corrected chi connectivity index (χ2v) is 2.54. The molecule has 0 bridgehead atoms. The third-order valence-corrected chi connectivity index (χ3v) is 1.62. The van der Waals surface area contributed by atoms with E-state index in [1.54, 1.807) is 0 Å². The average molecular weight is 191 g/mol. The molecule has 0 unspecified atom stereocenters. The highest BCUT2D eigenvalue weighted by Crippen LogP contribution is 2.19. The molecule has 0 saturated carbocycles. The Bertz CT molecular complexity index is 317. The number of rotatable bonds is 2. The number of aliphatic hydroxyl groups excluding tert-OH is 1. The molecule has 0 aliphatic carbocycles. The number of nitrogens with two attached hydrogens (primary N) is 1. The van der Waals surface area contributed by atoms with Crippen molar-refractivity contribution < 1.29 is 18.3 Å². The maximum absolute atomic E-state index is 12.8. The summed E-state index contributed by atoms with van der Waals surface area (Å²) in [5.74, 6) is -3.49. The monoisotopic (exact) mass is 191 g/mol. The van der Waals surface area contributed by atoms with Crippen molar-refractivity contribution in [3.8, 4) is 0 Å². The summed E-state index contributed by atoms with van der Waals surface area (Å²) in [5, 5.41) is 9.07. The molecule has 1 atom stereocenters.